The van der Waals surface area contributed by atoms with E-state index < -0.39 is 20.3 Å². The van der Waals surface area contributed by atoms with Gasteiger partial charge in [-0.25, -0.2) is 0 Å². The lowest BCUT2D eigenvalue weighted by Crippen LogP contribution is -2.47. The number of aliphatic hydroxyl groups is 1. The maximum Gasteiger partial charge on any atom is 0.233 e. The first-order valence-corrected chi connectivity index (χ1v) is 21.7. The first kappa shape index (κ1) is 40.4. The summed E-state index contributed by atoms with van der Waals surface area (Å²) >= 11 is 7.17. The van der Waals surface area contributed by atoms with Crippen molar-refractivity contribution < 1.29 is 23.8 Å². The molecule has 9 heteroatoms. The number of allylic oxidation sites excluding steroid dienone is 1. The molecule has 6 nitrogen and oxygen atoms in total. The minimum absolute atomic E-state index is 0.00137. The van der Waals surface area contributed by atoms with Gasteiger partial charge in [0.15, 0.2) is 8.32 Å². The zero-order valence-electron chi connectivity index (χ0n) is 30.4. The maximum atomic E-state index is 13.7. The van der Waals surface area contributed by atoms with Gasteiger partial charge < -0.3 is 19.0 Å². The van der Waals surface area contributed by atoms with Crippen LogP contribution < -0.4 is 4.74 Å². The van der Waals surface area contributed by atoms with E-state index in [0.29, 0.717) is 17.3 Å². The van der Waals surface area contributed by atoms with Crippen LogP contribution in [0.15, 0.2) is 67.3 Å². The predicted octanol–water partition coefficient (Wildman–Crippen LogP) is 9.21. The predicted molar refractivity (Wildman–Crippen MR) is 207 cm³/mol. The average Bonchev–Trinajstić information content (AvgIpc) is 3.41. The molecule has 1 fully saturated rings. The fraction of sp³-hybridized carbons (Fsp3) is 0.590. The molecule has 0 aromatic heterocycles. The lowest BCUT2D eigenvalue weighted by atomic mass is 9.89. The molecule has 1 amide bonds. The van der Waals surface area contributed by atoms with Crippen LogP contribution in [0.2, 0.25) is 18.1 Å². The molecule has 48 heavy (non-hydrogen) atoms. The van der Waals surface area contributed by atoms with Crippen LogP contribution in [-0.4, -0.2) is 65.8 Å². The first-order valence-electron chi connectivity index (χ1n) is 17.4. The zero-order valence-corrected chi connectivity index (χ0v) is 33.1. The summed E-state index contributed by atoms with van der Waals surface area (Å²) in [5.74, 6) is 1.14. The Kier molecular flexibility index (Phi) is 15.9. The molecule has 0 spiro atoms. The SMILES string of the molecule is C=CCC[C@H](O[Si](C)(C)C(C)(C)C)[C@H](CC[C@H](C)C[C@@H](O)[C@H](C)C(=O)N1C(=S)SC[C@@H]1Cc1ccccc1)OCc1ccc(OC)cc1. The van der Waals surface area contributed by atoms with Gasteiger partial charge in [-0.2, -0.15) is 0 Å². The number of hydrogen-bond acceptors (Lipinski definition) is 7. The van der Waals surface area contributed by atoms with Gasteiger partial charge in [0, 0.05) is 5.75 Å². The Balaban J connectivity index is 1.68. The number of aliphatic hydroxyl groups excluding tert-OH is 1. The van der Waals surface area contributed by atoms with E-state index in [1.54, 1.807) is 23.8 Å². The van der Waals surface area contributed by atoms with E-state index in [2.05, 4.69) is 59.5 Å². The van der Waals surface area contributed by atoms with Crippen molar-refractivity contribution in [2.24, 2.45) is 11.8 Å². The Labute approximate surface area is 301 Å². The lowest BCUT2D eigenvalue weighted by Gasteiger charge is -2.41. The van der Waals surface area contributed by atoms with Crippen molar-refractivity contribution in [2.45, 2.75) is 122 Å². The third kappa shape index (κ3) is 11.8. The summed E-state index contributed by atoms with van der Waals surface area (Å²) in [6.07, 6.45) is 5.57. The van der Waals surface area contributed by atoms with Crippen molar-refractivity contribution in [1.29, 1.82) is 0 Å². The summed E-state index contributed by atoms with van der Waals surface area (Å²) in [5, 5.41) is 11.4. The Morgan fingerprint density at radius 1 is 1.06 bits per heavy atom. The van der Waals surface area contributed by atoms with Crippen LogP contribution in [0.4, 0.5) is 0 Å². The number of hydrogen-bond donors (Lipinski definition) is 1. The van der Waals surface area contributed by atoms with Crippen LogP contribution in [0.5, 0.6) is 5.75 Å². The summed E-state index contributed by atoms with van der Waals surface area (Å²) < 4.78 is 19.7. The van der Waals surface area contributed by atoms with E-state index >= 15 is 0 Å². The standard InChI is InChI=1S/C39H59NO5S2Si/c1-10-11-17-36(45-48(8,9)39(4,5)6)35(44-26-31-19-21-33(43-7)22-20-31)23-18-28(2)24-34(41)29(3)37(42)40-32(27-47-38(40)46)25-30-15-13-12-14-16-30/h10,12-16,19-22,28-29,32,34-36,41H,1,11,17-18,23-27H2,2-9H3/t28-,29-,32-,34+,35-,36-/m0/s1. The minimum Gasteiger partial charge on any atom is -0.497 e. The second-order valence-corrected chi connectivity index (χ2v) is 21.3. The van der Waals surface area contributed by atoms with Gasteiger partial charge in [0.05, 0.1) is 44.0 Å². The third-order valence-corrected chi connectivity index (χ3v) is 16.1. The largest absolute Gasteiger partial charge is 0.497 e. The number of amides is 1. The Bertz CT molecular complexity index is 1300. The van der Waals surface area contributed by atoms with E-state index in [0.717, 1.165) is 49.2 Å². The molecule has 3 rings (SSSR count). The summed E-state index contributed by atoms with van der Waals surface area (Å²) in [7, 11) is -0.418. The number of carbonyl (C=O) groups excluding carboxylic acids is 1. The molecular formula is C39H59NO5S2Si. The summed E-state index contributed by atoms with van der Waals surface area (Å²) in [6.45, 7) is 19.8. The topological polar surface area (TPSA) is 68.2 Å². The molecule has 0 radical (unpaired) electrons. The van der Waals surface area contributed by atoms with Crippen LogP contribution >= 0.6 is 24.0 Å². The van der Waals surface area contributed by atoms with Crippen molar-refractivity contribution in [3.8, 4) is 5.75 Å². The normalized spacial score (nSPS) is 18.6. The maximum absolute atomic E-state index is 13.7. The number of nitrogens with zero attached hydrogens (tertiary/aromatic N) is 1. The number of rotatable bonds is 19. The highest BCUT2D eigenvalue weighted by Gasteiger charge is 2.41. The van der Waals surface area contributed by atoms with Crippen molar-refractivity contribution in [3.63, 3.8) is 0 Å². The van der Waals surface area contributed by atoms with Crippen molar-refractivity contribution in [2.75, 3.05) is 12.9 Å². The number of methoxy groups -OCH3 is 1. The van der Waals surface area contributed by atoms with Crippen LogP contribution in [0, 0.1) is 11.8 Å². The van der Waals surface area contributed by atoms with Gasteiger partial charge in [-0.3, -0.25) is 9.69 Å². The van der Waals surface area contributed by atoms with Crippen molar-refractivity contribution in [3.05, 3.63) is 78.4 Å². The highest BCUT2D eigenvalue weighted by Crippen LogP contribution is 2.39. The van der Waals surface area contributed by atoms with E-state index in [4.69, 9.17) is 26.1 Å². The highest BCUT2D eigenvalue weighted by atomic mass is 32.2. The van der Waals surface area contributed by atoms with Crippen LogP contribution in [0.25, 0.3) is 0 Å². The van der Waals surface area contributed by atoms with Gasteiger partial charge >= 0.3 is 0 Å². The second-order valence-electron chi connectivity index (χ2n) is 14.9. The second kappa shape index (κ2) is 18.8. The molecular weight excluding hydrogens is 655 g/mol. The third-order valence-electron chi connectivity index (χ3n) is 10.0. The molecule has 1 saturated heterocycles. The van der Waals surface area contributed by atoms with Crippen molar-refractivity contribution in [1.82, 2.24) is 4.90 Å². The molecule has 0 saturated carbocycles. The van der Waals surface area contributed by atoms with Gasteiger partial charge in [-0.05, 0) is 85.8 Å². The van der Waals surface area contributed by atoms with Gasteiger partial charge in [-0.15, -0.1) is 6.58 Å². The molecule has 1 N–H and O–H groups in total. The smallest absolute Gasteiger partial charge is 0.233 e. The zero-order chi connectivity index (χ0) is 35.5. The van der Waals surface area contributed by atoms with E-state index in [9.17, 15) is 9.90 Å². The molecule has 0 unspecified atom stereocenters. The summed E-state index contributed by atoms with van der Waals surface area (Å²) in [5.41, 5.74) is 2.26. The molecule has 1 heterocycles. The average molecular weight is 714 g/mol. The Morgan fingerprint density at radius 3 is 2.33 bits per heavy atom. The van der Waals surface area contributed by atoms with Gasteiger partial charge in [-0.1, -0.05) is 107 Å². The number of thioether (sulfide) groups is 1. The lowest BCUT2D eigenvalue weighted by molar-refractivity contribution is -0.135. The van der Waals surface area contributed by atoms with Crippen LogP contribution in [0.1, 0.15) is 77.8 Å². The molecule has 1 aliphatic rings. The van der Waals surface area contributed by atoms with E-state index in [1.165, 1.54) is 5.56 Å². The van der Waals surface area contributed by atoms with Gasteiger partial charge in [0.2, 0.25) is 5.91 Å². The molecule has 2 aromatic carbocycles. The van der Waals surface area contributed by atoms with E-state index in [-0.39, 0.29) is 35.1 Å². The Hall–Kier alpha value is -2.01. The number of thiocarbonyl (C=S) groups is 1. The molecule has 0 aliphatic carbocycles. The minimum atomic E-state index is -2.09. The fourth-order valence-electron chi connectivity index (χ4n) is 5.79. The van der Waals surface area contributed by atoms with Crippen molar-refractivity contribution >= 4 is 42.5 Å². The van der Waals surface area contributed by atoms with Crippen LogP contribution in [-0.2, 0) is 27.0 Å². The molecule has 1 aliphatic heterocycles. The van der Waals surface area contributed by atoms with Crippen LogP contribution in [0.3, 0.4) is 0 Å². The highest BCUT2D eigenvalue weighted by molar-refractivity contribution is 8.23. The van der Waals surface area contributed by atoms with Gasteiger partial charge in [0.1, 0.15) is 10.1 Å². The van der Waals surface area contributed by atoms with E-state index in [1.807, 2.05) is 55.5 Å². The molecule has 0 bridgehead atoms. The Morgan fingerprint density at radius 2 is 1.73 bits per heavy atom. The number of ether oxygens (including phenoxy) is 2. The molecule has 266 valence electrons. The summed E-state index contributed by atoms with van der Waals surface area (Å²) in [6, 6.07) is 18.2. The number of carbonyl (C=O) groups is 1. The quantitative estimate of drug-likeness (QED) is 0.0885. The monoisotopic (exact) mass is 713 g/mol. The summed E-state index contributed by atoms with van der Waals surface area (Å²) in [4.78, 5) is 15.5. The van der Waals surface area contributed by atoms with Gasteiger partial charge in [0.25, 0.3) is 0 Å². The fourth-order valence-corrected chi connectivity index (χ4v) is 8.60. The number of benzene rings is 2. The molecule has 6 atom stereocenters. The molecule has 2 aromatic rings. The first-order chi connectivity index (χ1) is 22.7.